The second-order valence-corrected chi connectivity index (χ2v) is 7.72. The van der Waals surface area contributed by atoms with Gasteiger partial charge in [0, 0.05) is 17.5 Å². The van der Waals surface area contributed by atoms with E-state index in [-0.39, 0.29) is 5.91 Å². The van der Waals surface area contributed by atoms with Crippen LogP contribution in [0.4, 0.5) is 5.13 Å². The van der Waals surface area contributed by atoms with Crippen molar-refractivity contribution in [2.45, 2.75) is 6.42 Å². The molecule has 0 atom stereocenters. The first-order valence-electron chi connectivity index (χ1n) is 8.78. The van der Waals surface area contributed by atoms with Crippen molar-refractivity contribution in [3.05, 3.63) is 70.6 Å². The first kappa shape index (κ1) is 19.5. The number of benzene rings is 2. The Bertz CT molecular complexity index is 895. The average Bonchev–Trinajstić information content (AvgIpc) is 3.15. The molecule has 0 fully saturated rings. The van der Waals surface area contributed by atoms with E-state index in [1.54, 1.807) is 17.0 Å². The summed E-state index contributed by atoms with van der Waals surface area (Å²) in [6.45, 7) is 1.48. The van der Waals surface area contributed by atoms with E-state index in [0.717, 1.165) is 24.2 Å². The first-order chi connectivity index (χ1) is 13.1. The van der Waals surface area contributed by atoms with Gasteiger partial charge in [0.25, 0.3) is 5.91 Å². The van der Waals surface area contributed by atoms with Crippen molar-refractivity contribution in [3.63, 3.8) is 0 Å². The molecule has 0 aliphatic heterocycles. The summed E-state index contributed by atoms with van der Waals surface area (Å²) in [5.41, 5.74) is 2.42. The van der Waals surface area contributed by atoms with Gasteiger partial charge in [-0.2, -0.15) is 0 Å². The fraction of sp³-hybridized carbons (Fsp3) is 0.238. The predicted octanol–water partition coefficient (Wildman–Crippen LogP) is 5.06. The van der Waals surface area contributed by atoms with Crippen LogP contribution in [0.25, 0.3) is 11.3 Å². The lowest BCUT2D eigenvalue weighted by molar-refractivity contribution is 0.0986. The molecule has 0 spiro atoms. The van der Waals surface area contributed by atoms with E-state index in [1.165, 1.54) is 11.3 Å². The summed E-state index contributed by atoms with van der Waals surface area (Å²) in [5.74, 6) is -0.117. The van der Waals surface area contributed by atoms with E-state index in [0.29, 0.717) is 22.3 Å². The number of aromatic nitrogens is 1. The van der Waals surface area contributed by atoms with E-state index in [4.69, 9.17) is 16.6 Å². The summed E-state index contributed by atoms with van der Waals surface area (Å²) in [5, 5.41) is 3.14. The molecule has 0 unspecified atom stereocenters. The number of carbonyl (C=O) groups excluding carboxylic acids is 1. The van der Waals surface area contributed by atoms with Crippen LogP contribution in [0.2, 0.25) is 5.02 Å². The Hall–Kier alpha value is -2.21. The minimum atomic E-state index is -0.117. The molecule has 1 amide bonds. The van der Waals surface area contributed by atoms with E-state index in [9.17, 15) is 4.79 Å². The molecule has 3 rings (SSSR count). The molecule has 140 valence electrons. The highest BCUT2D eigenvalue weighted by molar-refractivity contribution is 7.14. The molecule has 3 aromatic rings. The Morgan fingerprint density at radius 1 is 1.04 bits per heavy atom. The zero-order valence-corrected chi connectivity index (χ0v) is 17.0. The molecule has 1 heterocycles. The monoisotopic (exact) mass is 399 g/mol. The molecule has 6 heteroatoms. The Morgan fingerprint density at radius 3 is 2.44 bits per heavy atom. The third kappa shape index (κ3) is 4.95. The summed E-state index contributed by atoms with van der Waals surface area (Å²) in [4.78, 5) is 21.7. The van der Waals surface area contributed by atoms with Gasteiger partial charge in [-0.25, -0.2) is 4.98 Å². The number of thiazole rings is 1. The second kappa shape index (κ2) is 9.13. The molecule has 0 N–H and O–H groups in total. The van der Waals surface area contributed by atoms with Crippen LogP contribution in [-0.2, 0) is 0 Å². The number of amides is 1. The van der Waals surface area contributed by atoms with E-state index in [2.05, 4.69) is 4.90 Å². The molecular weight excluding hydrogens is 378 g/mol. The summed E-state index contributed by atoms with van der Waals surface area (Å²) in [6.07, 6.45) is 0.851. The van der Waals surface area contributed by atoms with Gasteiger partial charge in [-0.05, 0) is 39.2 Å². The number of carbonyl (C=O) groups is 1. The van der Waals surface area contributed by atoms with Crippen LogP contribution in [0.15, 0.2) is 60.0 Å². The van der Waals surface area contributed by atoms with Gasteiger partial charge in [-0.15, -0.1) is 11.3 Å². The van der Waals surface area contributed by atoms with Gasteiger partial charge < -0.3 is 4.90 Å². The van der Waals surface area contributed by atoms with Gasteiger partial charge in [0.1, 0.15) is 0 Å². The molecule has 27 heavy (non-hydrogen) atoms. The topological polar surface area (TPSA) is 36.4 Å². The molecular formula is C21H22ClN3OS. The Labute approximate surface area is 169 Å². The van der Waals surface area contributed by atoms with Gasteiger partial charge in [0.15, 0.2) is 5.13 Å². The maximum Gasteiger partial charge on any atom is 0.261 e. The van der Waals surface area contributed by atoms with Crippen molar-refractivity contribution in [1.29, 1.82) is 0 Å². The zero-order chi connectivity index (χ0) is 19.2. The number of rotatable bonds is 7. The maximum absolute atomic E-state index is 13.2. The molecule has 0 aliphatic rings. The molecule has 0 bridgehead atoms. The summed E-state index contributed by atoms with van der Waals surface area (Å²) in [6, 6.07) is 17.1. The maximum atomic E-state index is 13.2. The van der Waals surface area contributed by atoms with Crippen LogP contribution in [0.3, 0.4) is 0 Å². The third-order valence-corrected chi connectivity index (χ3v) is 5.32. The smallest absolute Gasteiger partial charge is 0.261 e. The minimum Gasteiger partial charge on any atom is -0.309 e. The van der Waals surface area contributed by atoms with Gasteiger partial charge in [0.05, 0.1) is 16.3 Å². The van der Waals surface area contributed by atoms with Crippen LogP contribution in [0.5, 0.6) is 0 Å². The van der Waals surface area contributed by atoms with Crippen molar-refractivity contribution in [1.82, 2.24) is 9.88 Å². The number of hydrogen-bond acceptors (Lipinski definition) is 4. The Kier molecular flexibility index (Phi) is 6.61. The van der Waals surface area contributed by atoms with Crippen molar-refractivity contribution in [3.8, 4) is 11.3 Å². The van der Waals surface area contributed by atoms with Crippen LogP contribution >= 0.6 is 22.9 Å². The molecule has 0 saturated heterocycles. The molecule has 2 aromatic carbocycles. The fourth-order valence-corrected chi connectivity index (χ4v) is 3.81. The Balaban J connectivity index is 1.89. The van der Waals surface area contributed by atoms with Gasteiger partial charge in [-0.1, -0.05) is 54.1 Å². The van der Waals surface area contributed by atoms with Crippen molar-refractivity contribution in [2.24, 2.45) is 0 Å². The van der Waals surface area contributed by atoms with E-state index in [1.807, 2.05) is 61.9 Å². The Morgan fingerprint density at radius 2 is 1.74 bits per heavy atom. The molecule has 0 saturated carbocycles. The number of nitrogens with zero attached hydrogens (tertiary/aromatic N) is 3. The number of anilines is 1. The minimum absolute atomic E-state index is 0.117. The summed E-state index contributed by atoms with van der Waals surface area (Å²) < 4.78 is 0. The van der Waals surface area contributed by atoms with Crippen LogP contribution < -0.4 is 4.90 Å². The molecule has 1 aromatic heterocycles. The lowest BCUT2D eigenvalue weighted by atomic mass is 10.2. The third-order valence-electron chi connectivity index (χ3n) is 4.13. The molecule has 4 nitrogen and oxygen atoms in total. The van der Waals surface area contributed by atoms with E-state index < -0.39 is 0 Å². The average molecular weight is 400 g/mol. The van der Waals surface area contributed by atoms with Crippen molar-refractivity contribution < 1.29 is 4.79 Å². The highest BCUT2D eigenvalue weighted by Gasteiger charge is 2.22. The summed E-state index contributed by atoms with van der Waals surface area (Å²) in [7, 11) is 4.05. The zero-order valence-electron chi connectivity index (χ0n) is 15.4. The highest BCUT2D eigenvalue weighted by Crippen LogP contribution is 2.29. The standard InChI is InChI=1S/C21H22ClN3OS/c1-24(2)13-8-14-25(20(26)17-11-6-7-12-18(17)22)21-23-19(15-27-21)16-9-4-3-5-10-16/h3-7,9-12,15H,8,13-14H2,1-2H3. The normalized spacial score (nSPS) is 11.0. The molecule has 0 aliphatic carbocycles. The summed E-state index contributed by atoms with van der Waals surface area (Å²) >= 11 is 7.74. The van der Waals surface area contributed by atoms with Gasteiger partial charge >= 0.3 is 0 Å². The lowest BCUT2D eigenvalue weighted by Crippen LogP contribution is -2.33. The number of hydrogen-bond donors (Lipinski definition) is 0. The van der Waals surface area contributed by atoms with Gasteiger partial charge in [-0.3, -0.25) is 9.69 Å². The van der Waals surface area contributed by atoms with Crippen LogP contribution in [-0.4, -0.2) is 43.0 Å². The fourth-order valence-electron chi connectivity index (χ4n) is 2.74. The SMILES string of the molecule is CN(C)CCCN(C(=O)c1ccccc1Cl)c1nc(-c2ccccc2)cs1. The van der Waals surface area contributed by atoms with Crippen molar-refractivity contribution >= 4 is 34.0 Å². The first-order valence-corrected chi connectivity index (χ1v) is 10.0. The van der Waals surface area contributed by atoms with Crippen molar-refractivity contribution in [2.75, 3.05) is 32.1 Å². The largest absolute Gasteiger partial charge is 0.309 e. The second-order valence-electron chi connectivity index (χ2n) is 6.47. The van der Waals surface area contributed by atoms with Crippen LogP contribution in [0, 0.1) is 0 Å². The quantitative estimate of drug-likeness (QED) is 0.557. The predicted molar refractivity (Wildman–Crippen MR) is 114 cm³/mol. The number of halogens is 1. The van der Waals surface area contributed by atoms with Gasteiger partial charge in [0.2, 0.25) is 0 Å². The van der Waals surface area contributed by atoms with Crippen LogP contribution in [0.1, 0.15) is 16.8 Å². The van der Waals surface area contributed by atoms with E-state index >= 15 is 0 Å². The highest BCUT2D eigenvalue weighted by atomic mass is 35.5. The lowest BCUT2D eigenvalue weighted by Gasteiger charge is -2.21. The molecule has 0 radical (unpaired) electrons.